The molecule has 5 heteroatoms. The van der Waals surface area contributed by atoms with Gasteiger partial charge in [0.25, 0.3) is 5.91 Å². The molecule has 1 aromatic carbocycles. The Kier molecular flexibility index (Phi) is 4.21. The van der Waals surface area contributed by atoms with Crippen LogP contribution < -0.4 is 5.32 Å². The first-order chi connectivity index (χ1) is 9.89. The summed E-state index contributed by atoms with van der Waals surface area (Å²) in [5.41, 5.74) is -0.245. The Labute approximate surface area is 123 Å². The molecule has 2 aromatic rings. The first-order valence-corrected chi connectivity index (χ1v) is 6.77. The van der Waals surface area contributed by atoms with Crippen molar-refractivity contribution in [2.75, 3.05) is 0 Å². The molecule has 0 saturated heterocycles. The van der Waals surface area contributed by atoms with E-state index in [1.165, 1.54) is 0 Å². The van der Waals surface area contributed by atoms with Crippen LogP contribution in [0.4, 0.5) is 0 Å². The second-order valence-corrected chi connectivity index (χ2v) is 5.61. The molecule has 0 bridgehead atoms. The first kappa shape index (κ1) is 15.0. The fraction of sp³-hybridized carbons (Fsp3) is 0.312. The lowest BCUT2D eigenvalue weighted by atomic mass is 9.98. The molecule has 1 amide bonds. The minimum atomic E-state index is -0.874. The Morgan fingerprint density at radius 3 is 2.67 bits per heavy atom. The van der Waals surface area contributed by atoms with Crippen molar-refractivity contribution in [1.29, 1.82) is 0 Å². The molecule has 2 rings (SSSR count). The number of benzene rings is 1. The second-order valence-electron chi connectivity index (χ2n) is 5.61. The molecule has 5 nitrogen and oxygen atoms in total. The molecule has 0 fully saturated rings. The van der Waals surface area contributed by atoms with Crippen molar-refractivity contribution in [1.82, 2.24) is 10.3 Å². The molecule has 1 heterocycles. The molecule has 0 aliphatic carbocycles. The van der Waals surface area contributed by atoms with Crippen LogP contribution in [-0.2, 0) is 4.79 Å². The van der Waals surface area contributed by atoms with Gasteiger partial charge in [0.15, 0.2) is 0 Å². The number of hydrogen-bond acceptors (Lipinski definition) is 3. The third kappa shape index (κ3) is 3.78. The Morgan fingerprint density at radius 2 is 1.95 bits per heavy atom. The van der Waals surface area contributed by atoms with Gasteiger partial charge in [-0.05, 0) is 31.7 Å². The SMILES string of the molecule is CC(C)(CCC(=O)O)NC(=O)c1nccc2ccccc12. The fourth-order valence-electron chi connectivity index (χ4n) is 2.15. The molecule has 0 aliphatic heterocycles. The molecule has 1 aromatic heterocycles. The number of rotatable bonds is 5. The predicted molar refractivity (Wildman–Crippen MR) is 80.2 cm³/mol. The maximum absolute atomic E-state index is 12.4. The number of carboxylic acids is 1. The summed E-state index contributed by atoms with van der Waals surface area (Å²) in [6, 6.07) is 9.38. The number of aromatic nitrogens is 1. The normalized spacial score (nSPS) is 11.3. The third-order valence-corrected chi connectivity index (χ3v) is 3.30. The average molecular weight is 286 g/mol. The predicted octanol–water partition coefficient (Wildman–Crippen LogP) is 2.61. The van der Waals surface area contributed by atoms with Gasteiger partial charge in [0, 0.05) is 23.5 Å². The molecule has 110 valence electrons. The van der Waals surface area contributed by atoms with E-state index in [9.17, 15) is 9.59 Å². The lowest BCUT2D eigenvalue weighted by Gasteiger charge is -2.25. The Hall–Kier alpha value is -2.43. The molecular formula is C16H18N2O3. The van der Waals surface area contributed by atoms with Crippen molar-refractivity contribution in [3.63, 3.8) is 0 Å². The van der Waals surface area contributed by atoms with Gasteiger partial charge in [-0.1, -0.05) is 24.3 Å². The van der Waals surface area contributed by atoms with E-state index in [1.54, 1.807) is 20.0 Å². The van der Waals surface area contributed by atoms with Gasteiger partial charge in [0.1, 0.15) is 5.69 Å². The van der Waals surface area contributed by atoms with E-state index in [0.717, 1.165) is 10.8 Å². The van der Waals surface area contributed by atoms with Crippen LogP contribution in [0.2, 0.25) is 0 Å². The molecule has 0 spiro atoms. The highest BCUT2D eigenvalue weighted by molar-refractivity contribution is 6.05. The molecule has 0 aliphatic rings. The van der Waals surface area contributed by atoms with E-state index in [-0.39, 0.29) is 12.3 Å². The van der Waals surface area contributed by atoms with Crippen LogP contribution in [-0.4, -0.2) is 27.5 Å². The quantitative estimate of drug-likeness (QED) is 0.885. The summed E-state index contributed by atoms with van der Waals surface area (Å²) in [6.45, 7) is 3.61. The van der Waals surface area contributed by atoms with Crippen molar-refractivity contribution >= 4 is 22.6 Å². The fourth-order valence-corrected chi connectivity index (χ4v) is 2.15. The molecule has 0 atom stereocenters. The van der Waals surface area contributed by atoms with Crippen LogP contribution >= 0.6 is 0 Å². The minimum absolute atomic E-state index is 0.0102. The summed E-state index contributed by atoms with van der Waals surface area (Å²) in [6.07, 6.45) is 1.97. The third-order valence-electron chi connectivity index (χ3n) is 3.30. The van der Waals surface area contributed by atoms with Crippen LogP contribution in [0.25, 0.3) is 10.8 Å². The van der Waals surface area contributed by atoms with Crippen LogP contribution in [0.3, 0.4) is 0 Å². The Balaban J connectivity index is 2.21. The summed E-state index contributed by atoms with van der Waals surface area (Å²) in [5, 5.41) is 13.3. The summed E-state index contributed by atoms with van der Waals surface area (Å²) in [4.78, 5) is 27.2. The maximum atomic E-state index is 12.4. The van der Waals surface area contributed by atoms with Gasteiger partial charge in [0.2, 0.25) is 0 Å². The zero-order valence-corrected chi connectivity index (χ0v) is 12.1. The highest BCUT2D eigenvalue weighted by atomic mass is 16.4. The maximum Gasteiger partial charge on any atom is 0.303 e. The zero-order valence-electron chi connectivity index (χ0n) is 12.1. The molecule has 21 heavy (non-hydrogen) atoms. The van der Waals surface area contributed by atoms with Crippen molar-refractivity contribution in [2.24, 2.45) is 0 Å². The Bertz CT molecular complexity index is 675. The smallest absolute Gasteiger partial charge is 0.303 e. The lowest BCUT2D eigenvalue weighted by Crippen LogP contribution is -2.44. The van der Waals surface area contributed by atoms with Crippen LogP contribution in [0.15, 0.2) is 36.5 Å². The van der Waals surface area contributed by atoms with Crippen LogP contribution in [0.5, 0.6) is 0 Å². The zero-order chi connectivity index (χ0) is 15.5. The van der Waals surface area contributed by atoms with Gasteiger partial charge in [-0.15, -0.1) is 0 Å². The molecule has 0 saturated carbocycles. The van der Waals surface area contributed by atoms with Gasteiger partial charge in [-0.2, -0.15) is 0 Å². The average Bonchev–Trinajstić information content (AvgIpc) is 2.44. The van der Waals surface area contributed by atoms with Crippen molar-refractivity contribution in [3.05, 3.63) is 42.2 Å². The summed E-state index contributed by atoms with van der Waals surface area (Å²) >= 11 is 0. The summed E-state index contributed by atoms with van der Waals surface area (Å²) in [7, 11) is 0. The number of nitrogens with one attached hydrogen (secondary N) is 1. The van der Waals surface area contributed by atoms with Crippen LogP contribution in [0, 0.1) is 0 Å². The van der Waals surface area contributed by atoms with E-state index in [1.807, 2.05) is 30.3 Å². The van der Waals surface area contributed by atoms with Gasteiger partial charge < -0.3 is 10.4 Å². The topological polar surface area (TPSA) is 79.3 Å². The van der Waals surface area contributed by atoms with Crippen molar-refractivity contribution < 1.29 is 14.7 Å². The van der Waals surface area contributed by atoms with E-state index < -0.39 is 11.5 Å². The molecular weight excluding hydrogens is 268 g/mol. The largest absolute Gasteiger partial charge is 0.481 e. The number of pyridine rings is 1. The van der Waals surface area contributed by atoms with Crippen LogP contribution in [0.1, 0.15) is 37.2 Å². The number of nitrogens with zero attached hydrogens (tertiary/aromatic N) is 1. The van der Waals surface area contributed by atoms with Gasteiger partial charge in [0.05, 0.1) is 0 Å². The monoisotopic (exact) mass is 286 g/mol. The highest BCUT2D eigenvalue weighted by Gasteiger charge is 2.23. The minimum Gasteiger partial charge on any atom is -0.481 e. The number of fused-ring (bicyclic) bond motifs is 1. The number of carboxylic acid groups (broad SMARTS) is 1. The molecule has 0 unspecified atom stereocenters. The van der Waals surface area contributed by atoms with E-state index >= 15 is 0 Å². The standard InChI is InChI=1S/C16H18N2O3/c1-16(2,9-7-13(19)20)18-15(21)14-12-6-4-3-5-11(12)8-10-17-14/h3-6,8,10H,7,9H2,1-2H3,(H,18,21)(H,19,20). The number of carbonyl (C=O) groups excluding carboxylic acids is 1. The number of hydrogen-bond donors (Lipinski definition) is 2. The van der Waals surface area contributed by atoms with E-state index in [4.69, 9.17) is 5.11 Å². The van der Waals surface area contributed by atoms with Gasteiger partial charge >= 0.3 is 5.97 Å². The van der Waals surface area contributed by atoms with E-state index in [0.29, 0.717) is 12.1 Å². The second kappa shape index (κ2) is 5.91. The van der Waals surface area contributed by atoms with Crippen molar-refractivity contribution in [3.8, 4) is 0 Å². The van der Waals surface area contributed by atoms with Gasteiger partial charge in [-0.25, -0.2) is 0 Å². The summed E-state index contributed by atoms with van der Waals surface area (Å²) < 4.78 is 0. The number of carbonyl (C=O) groups is 2. The number of aliphatic carboxylic acids is 1. The van der Waals surface area contributed by atoms with Crippen molar-refractivity contribution in [2.45, 2.75) is 32.2 Å². The molecule has 0 radical (unpaired) electrons. The number of amides is 1. The molecule has 2 N–H and O–H groups in total. The summed E-state index contributed by atoms with van der Waals surface area (Å²) in [5.74, 6) is -1.16. The van der Waals surface area contributed by atoms with Gasteiger partial charge in [-0.3, -0.25) is 14.6 Å². The lowest BCUT2D eigenvalue weighted by molar-refractivity contribution is -0.137. The highest BCUT2D eigenvalue weighted by Crippen LogP contribution is 2.18. The van der Waals surface area contributed by atoms with E-state index in [2.05, 4.69) is 10.3 Å². The first-order valence-electron chi connectivity index (χ1n) is 6.77. The Morgan fingerprint density at radius 1 is 1.24 bits per heavy atom.